The molecule has 3 rings (SSSR count). The largest absolute Gasteiger partial charge is 0.495 e. The molecule has 0 aliphatic carbocycles. The molecule has 34 heavy (non-hydrogen) atoms. The fraction of sp³-hybridized carbons (Fsp3) is 0.409. The molecule has 0 atom stereocenters. The summed E-state index contributed by atoms with van der Waals surface area (Å²) in [6.45, 7) is 3.71. The number of carbonyl (C=O) groups excluding carboxylic acids is 3. The number of benzene rings is 1. The van der Waals surface area contributed by atoms with Crippen molar-refractivity contribution in [3.63, 3.8) is 0 Å². The fourth-order valence-electron chi connectivity index (χ4n) is 3.51. The van der Waals surface area contributed by atoms with Gasteiger partial charge in [-0.05, 0) is 50.5 Å². The quantitative estimate of drug-likeness (QED) is 0.537. The third-order valence-corrected chi connectivity index (χ3v) is 8.49. The zero-order valence-corrected chi connectivity index (χ0v) is 20.9. The van der Waals surface area contributed by atoms with E-state index in [1.807, 2.05) is 0 Å². The molecular formula is C22H26N2O8S2. The molecule has 0 radical (unpaired) electrons. The Morgan fingerprint density at radius 2 is 1.76 bits per heavy atom. The van der Waals surface area contributed by atoms with Crippen LogP contribution in [0.4, 0.5) is 5.00 Å². The number of hydrogen-bond acceptors (Lipinski definition) is 9. The maximum Gasteiger partial charge on any atom is 0.341 e. The number of rotatable bonds is 8. The van der Waals surface area contributed by atoms with Gasteiger partial charge in [0.2, 0.25) is 10.0 Å². The smallest absolute Gasteiger partial charge is 0.341 e. The van der Waals surface area contributed by atoms with E-state index in [0.717, 1.165) is 17.7 Å². The lowest BCUT2D eigenvalue weighted by Crippen LogP contribution is -2.28. The second kappa shape index (κ2) is 10.5. The number of carbonyl (C=O) groups is 3. The van der Waals surface area contributed by atoms with Crippen molar-refractivity contribution in [3.8, 4) is 5.75 Å². The first-order chi connectivity index (χ1) is 16.1. The van der Waals surface area contributed by atoms with Crippen molar-refractivity contribution in [1.82, 2.24) is 4.31 Å². The van der Waals surface area contributed by atoms with Crippen LogP contribution in [-0.2, 0) is 24.3 Å². The van der Waals surface area contributed by atoms with E-state index in [0.29, 0.717) is 23.7 Å². The predicted octanol–water partition coefficient (Wildman–Crippen LogP) is 2.74. The maximum atomic E-state index is 13.0. The Kier molecular flexibility index (Phi) is 7.95. The van der Waals surface area contributed by atoms with E-state index in [4.69, 9.17) is 14.2 Å². The van der Waals surface area contributed by atoms with Gasteiger partial charge in [0.1, 0.15) is 15.6 Å². The predicted molar refractivity (Wildman–Crippen MR) is 125 cm³/mol. The van der Waals surface area contributed by atoms with Gasteiger partial charge in [0.15, 0.2) is 6.61 Å². The van der Waals surface area contributed by atoms with Gasteiger partial charge in [0, 0.05) is 18.0 Å². The van der Waals surface area contributed by atoms with Crippen LogP contribution in [0.5, 0.6) is 5.75 Å². The highest BCUT2D eigenvalue weighted by Crippen LogP contribution is 2.33. The van der Waals surface area contributed by atoms with E-state index >= 15 is 0 Å². The molecule has 184 valence electrons. The minimum absolute atomic E-state index is 0.0376. The number of sulfonamides is 1. The number of methoxy groups -OCH3 is 2. The summed E-state index contributed by atoms with van der Waals surface area (Å²) < 4.78 is 42.4. The minimum atomic E-state index is -3.85. The normalized spacial score (nSPS) is 14.0. The maximum absolute atomic E-state index is 13.0. The second-order valence-corrected chi connectivity index (χ2v) is 10.7. The molecule has 0 saturated carbocycles. The molecule has 1 amide bonds. The summed E-state index contributed by atoms with van der Waals surface area (Å²) in [6.07, 6.45) is 1.53. The Morgan fingerprint density at radius 3 is 2.38 bits per heavy atom. The van der Waals surface area contributed by atoms with Crippen LogP contribution in [0, 0.1) is 13.8 Å². The zero-order valence-electron chi connectivity index (χ0n) is 19.3. The van der Waals surface area contributed by atoms with Crippen LogP contribution >= 0.6 is 11.3 Å². The lowest BCUT2D eigenvalue weighted by Gasteiger charge is -2.18. The number of nitrogens with one attached hydrogen (secondary N) is 1. The van der Waals surface area contributed by atoms with Gasteiger partial charge in [-0.15, -0.1) is 11.3 Å². The highest BCUT2D eigenvalue weighted by atomic mass is 32.2. The van der Waals surface area contributed by atoms with Crippen molar-refractivity contribution in [2.24, 2.45) is 0 Å². The summed E-state index contributed by atoms with van der Waals surface area (Å²) in [5, 5.41) is 2.86. The van der Waals surface area contributed by atoms with E-state index in [1.54, 1.807) is 13.8 Å². The number of thiophene rings is 1. The summed E-state index contributed by atoms with van der Waals surface area (Å²) in [5.74, 6) is -2.00. The Balaban J connectivity index is 1.73. The first kappa shape index (κ1) is 25.7. The first-order valence-electron chi connectivity index (χ1n) is 10.4. The van der Waals surface area contributed by atoms with E-state index in [-0.39, 0.29) is 21.8 Å². The highest BCUT2D eigenvalue weighted by Gasteiger charge is 2.31. The third-order valence-electron chi connectivity index (χ3n) is 5.44. The number of aryl methyl sites for hydroxylation is 1. The molecular weight excluding hydrogens is 484 g/mol. The van der Waals surface area contributed by atoms with Crippen LogP contribution in [0.1, 0.15) is 44.0 Å². The van der Waals surface area contributed by atoms with Gasteiger partial charge in [-0.2, -0.15) is 4.31 Å². The van der Waals surface area contributed by atoms with Crippen LogP contribution in [0.25, 0.3) is 0 Å². The molecule has 0 spiro atoms. The average Bonchev–Trinajstić information content (AvgIpc) is 3.46. The standard InChI is InChI=1S/C22H26N2O8S2/c1-13-14(2)33-20(19(13)22(27)31-4)23-18(25)12-32-21(26)15-7-8-16(30-3)17(11-15)34(28,29)24-9-5-6-10-24/h7-8,11H,5-6,9-10,12H2,1-4H3,(H,23,25). The summed E-state index contributed by atoms with van der Waals surface area (Å²) in [6, 6.07) is 3.93. The van der Waals surface area contributed by atoms with Crippen LogP contribution in [0.3, 0.4) is 0 Å². The molecule has 2 heterocycles. The van der Waals surface area contributed by atoms with Crippen molar-refractivity contribution in [2.75, 3.05) is 39.2 Å². The molecule has 0 unspecified atom stereocenters. The van der Waals surface area contributed by atoms with Crippen LogP contribution in [0.15, 0.2) is 23.1 Å². The molecule has 1 saturated heterocycles. The molecule has 0 bridgehead atoms. The fourth-order valence-corrected chi connectivity index (χ4v) is 6.28. The van der Waals surface area contributed by atoms with Crippen molar-refractivity contribution in [2.45, 2.75) is 31.6 Å². The molecule has 10 nitrogen and oxygen atoms in total. The Labute approximate surface area is 201 Å². The van der Waals surface area contributed by atoms with Gasteiger partial charge in [-0.25, -0.2) is 18.0 Å². The minimum Gasteiger partial charge on any atom is -0.495 e. The lowest BCUT2D eigenvalue weighted by atomic mass is 10.1. The Morgan fingerprint density at radius 1 is 1.09 bits per heavy atom. The van der Waals surface area contributed by atoms with Crippen molar-refractivity contribution >= 4 is 44.2 Å². The molecule has 12 heteroatoms. The van der Waals surface area contributed by atoms with Crippen LogP contribution < -0.4 is 10.1 Å². The zero-order chi connectivity index (χ0) is 25.0. The third kappa shape index (κ3) is 5.24. The van der Waals surface area contributed by atoms with E-state index in [9.17, 15) is 22.8 Å². The van der Waals surface area contributed by atoms with Gasteiger partial charge < -0.3 is 19.5 Å². The summed E-state index contributed by atoms with van der Waals surface area (Å²) in [5.41, 5.74) is 0.898. The van der Waals surface area contributed by atoms with E-state index < -0.39 is 34.5 Å². The highest BCUT2D eigenvalue weighted by molar-refractivity contribution is 7.89. The van der Waals surface area contributed by atoms with Gasteiger partial charge >= 0.3 is 11.9 Å². The number of amides is 1. The van der Waals surface area contributed by atoms with Crippen LogP contribution in [-0.4, -0.2) is 64.5 Å². The Bertz CT molecular complexity index is 1210. The number of anilines is 1. The number of hydrogen-bond donors (Lipinski definition) is 1. The molecule has 1 aromatic carbocycles. The van der Waals surface area contributed by atoms with Gasteiger partial charge in [-0.1, -0.05) is 0 Å². The summed E-state index contributed by atoms with van der Waals surface area (Å²) >= 11 is 1.21. The molecule has 1 aromatic heterocycles. The van der Waals surface area contributed by atoms with Crippen molar-refractivity contribution in [3.05, 3.63) is 39.8 Å². The Hall–Kier alpha value is -2.96. The molecule has 2 aromatic rings. The molecule has 1 aliphatic heterocycles. The van der Waals surface area contributed by atoms with Crippen molar-refractivity contribution in [1.29, 1.82) is 0 Å². The molecule has 1 N–H and O–H groups in total. The van der Waals surface area contributed by atoms with E-state index in [2.05, 4.69) is 5.32 Å². The number of ether oxygens (including phenoxy) is 3. The summed E-state index contributed by atoms with van der Waals surface area (Å²) in [7, 11) is -1.26. The average molecular weight is 511 g/mol. The van der Waals surface area contributed by atoms with E-state index in [1.165, 1.54) is 48.1 Å². The van der Waals surface area contributed by atoms with Gasteiger partial charge in [0.25, 0.3) is 5.91 Å². The summed E-state index contributed by atoms with van der Waals surface area (Å²) in [4.78, 5) is 37.7. The van der Waals surface area contributed by atoms with Crippen molar-refractivity contribution < 1.29 is 37.0 Å². The SMILES string of the molecule is COC(=O)c1c(NC(=O)COC(=O)c2ccc(OC)c(S(=O)(=O)N3CCCC3)c2)sc(C)c1C. The lowest BCUT2D eigenvalue weighted by molar-refractivity contribution is -0.119. The van der Waals surface area contributed by atoms with Gasteiger partial charge in [-0.3, -0.25) is 4.79 Å². The van der Waals surface area contributed by atoms with Crippen LogP contribution in [0.2, 0.25) is 0 Å². The monoisotopic (exact) mass is 510 g/mol. The number of nitrogens with zero attached hydrogens (tertiary/aromatic N) is 1. The number of esters is 2. The molecule has 1 fully saturated rings. The topological polar surface area (TPSA) is 128 Å². The second-order valence-electron chi connectivity index (χ2n) is 7.58. The van der Waals surface area contributed by atoms with Gasteiger partial charge in [0.05, 0.1) is 25.3 Å². The first-order valence-corrected chi connectivity index (χ1v) is 12.7. The molecule has 1 aliphatic rings.